The van der Waals surface area contributed by atoms with Gasteiger partial charge in [-0.1, -0.05) is 6.07 Å². The third-order valence-electron chi connectivity index (χ3n) is 3.31. The molecule has 0 radical (unpaired) electrons. The zero-order valence-electron chi connectivity index (χ0n) is 11.5. The second-order valence-electron chi connectivity index (χ2n) is 4.78. The molecule has 0 saturated heterocycles. The van der Waals surface area contributed by atoms with Crippen LogP contribution >= 0.6 is 0 Å². The van der Waals surface area contributed by atoms with Crippen LogP contribution < -0.4 is 5.73 Å². The van der Waals surface area contributed by atoms with E-state index in [0.717, 1.165) is 17.5 Å². The lowest BCUT2D eigenvalue weighted by atomic mass is 10.1. The van der Waals surface area contributed by atoms with Gasteiger partial charge in [0.25, 0.3) is 0 Å². The summed E-state index contributed by atoms with van der Waals surface area (Å²) in [6.07, 6.45) is 3.06. The summed E-state index contributed by atoms with van der Waals surface area (Å²) < 4.78 is 2.00. The summed E-state index contributed by atoms with van der Waals surface area (Å²) in [5, 5.41) is 0. The number of nitrogens with zero attached hydrogens (tertiary/aromatic N) is 3. The Kier molecular flexibility index (Phi) is 4.16. The normalized spacial score (nSPS) is 10.9. The van der Waals surface area contributed by atoms with E-state index >= 15 is 0 Å². The second-order valence-corrected chi connectivity index (χ2v) is 4.78. The van der Waals surface area contributed by atoms with Crippen LogP contribution in [0.4, 0.5) is 0 Å². The summed E-state index contributed by atoms with van der Waals surface area (Å²) >= 11 is 0. The summed E-state index contributed by atoms with van der Waals surface area (Å²) in [6.45, 7) is 1.11. The van der Waals surface area contributed by atoms with Crippen molar-refractivity contribution < 1.29 is 4.79 Å². The minimum absolute atomic E-state index is 0.0985. The Hall–Kier alpha value is -1.88. The molecule has 2 aromatic rings. The number of carbonyl (C=O) groups excluding carboxylic acids is 1. The van der Waals surface area contributed by atoms with Gasteiger partial charge in [-0.15, -0.1) is 0 Å². The van der Waals surface area contributed by atoms with Gasteiger partial charge in [0.1, 0.15) is 0 Å². The Bertz CT molecular complexity index is 576. The number of imidazole rings is 1. The van der Waals surface area contributed by atoms with E-state index < -0.39 is 0 Å². The Morgan fingerprint density at radius 2 is 2.26 bits per heavy atom. The molecule has 19 heavy (non-hydrogen) atoms. The van der Waals surface area contributed by atoms with E-state index in [1.54, 1.807) is 4.90 Å². The third-order valence-corrected chi connectivity index (χ3v) is 3.31. The van der Waals surface area contributed by atoms with Gasteiger partial charge in [0.05, 0.1) is 17.4 Å². The average molecular weight is 260 g/mol. The molecule has 0 aliphatic rings. The van der Waals surface area contributed by atoms with E-state index in [4.69, 9.17) is 5.73 Å². The molecule has 0 atom stereocenters. The van der Waals surface area contributed by atoms with Crippen molar-refractivity contribution in [1.29, 1.82) is 0 Å². The fourth-order valence-corrected chi connectivity index (χ4v) is 2.07. The monoisotopic (exact) mass is 260 g/mol. The first-order chi connectivity index (χ1) is 9.11. The molecule has 1 aromatic heterocycles. The van der Waals surface area contributed by atoms with Crippen molar-refractivity contribution >= 4 is 16.9 Å². The molecule has 5 nitrogen and oxygen atoms in total. The number of fused-ring (bicyclic) bond motifs is 1. The van der Waals surface area contributed by atoms with E-state index in [9.17, 15) is 4.79 Å². The van der Waals surface area contributed by atoms with E-state index in [0.29, 0.717) is 19.5 Å². The molecule has 0 spiro atoms. The van der Waals surface area contributed by atoms with Gasteiger partial charge in [0.2, 0.25) is 5.91 Å². The number of aryl methyl sites for hydroxylation is 1. The zero-order valence-corrected chi connectivity index (χ0v) is 11.5. The van der Waals surface area contributed by atoms with Crippen LogP contribution in [0.25, 0.3) is 11.0 Å². The molecule has 2 N–H and O–H groups in total. The number of nitrogens with two attached hydrogens (primary N) is 1. The molecule has 0 bridgehead atoms. The van der Waals surface area contributed by atoms with Crippen LogP contribution in [0, 0.1) is 0 Å². The zero-order chi connectivity index (χ0) is 13.8. The number of hydrogen-bond donors (Lipinski definition) is 1. The Morgan fingerprint density at radius 3 is 3.00 bits per heavy atom. The van der Waals surface area contributed by atoms with Crippen LogP contribution in [-0.2, 0) is 18.3 Å². The van der Waals surface area contributed by atoms with Crippen LogP contribution in [0.5, 0.6) is 0 Å². The van der Waals surface area contributed by atoms with Gasteiger partial charge in [-0.05, 0) is 24.1 Å². The fraction of sp³-hybridized carbons (Fsp3) is 0.429. The summed E-state index contributed by atoms with van der Waals surface area (Å²) in [6, 6.07) is 6.24. The highest BCUT2D eigenvalue weighted by Crippen LogP contribution is 2.14. The van der Waals surface area contributed by atoms with Crippen molar-refractivity contribution in [3.63, 3.8) is 0 Å². The molecule has 2 rings (SSSR count). The number of carbonyl (C=O) groups is 1. The van der Waals surface area contributed by atoms with Gasteiger partial charge in [0, 0.05) is 33.6 Å². The smallest absolute Gasteiger partial charge is 0.223 e. The van der Waals surface area contributed by atoms with E-state index in [-0.39, 0.29) is 5.91 Å². The standard InChI is InChI=1S/C14H20N4O/c1-17(14(19)5-7-15)8-6-11-3-4-13-12(9-11)16-10-18(13)2/h3-4,9-10H,5-8,15H2,1-2H3. The first-order valence-corrected chi connectivity index (χ1v) is 6.46. The van der Waals surface area contributed by atoms with Gasteiger partial charge in [-0.25, -0.2) is 4.98 Å². The minimum atomic E-state index is 0.0985. The number of rotatable bonds is 5. The first-order valence-electron chi connectivity index (χ1n) is 6.46. The highest BCUT2D eigenvalue weighted by Gasteiger charge is 2.08. The van der Waals surface area contributed by atoms with Gasteiger partial charge in [0.15, 0.2) is 0 Å². The van der Waals surface area contributed by atoms with E-state index in [1.807, 2.05) is 25.0 Å². The molecule has 1 aromatic carbocycles. The lowest BCUT2D eigenvalue weighted by Gasteiger charge is -2.16. The van der Waals surface area contributed by atoms with Crippen molar-refractivity contribution in [1.82, 2.24) is 14.5 Å². The quantitative estimate of drug-likeness (QED) is 0.869. The van der Waals surface area contributed by atoms with E-state index in [1.165, 1.54) is 5.56 Å². The van der Waals surface area contributed by atoms with Crippen LogP contribution in [0.3, 0.4) is 0 Å². The third kappa shape index (κ3) is 3.12. The Labute approximate surface area is 113 Å². The molecule has 1 heterocycles. The highest BCUT2D eigenvalue weighted by atomic mass is 16.2. The van der Waals surface area contributed by atoms with Crippen LogP contribution in [0.1, 0.15) is 12.0 Å². The molecule has 1 amide bonds. The van der Waals surface area contributed by atoms with Crippen molar-refractivity contribution in [3.05, 3.63) is 30.1 Å². The van der Waals surface area contributed by atoms with Crippen molar-refractivity contribution in [2.24, 2.45) is 12.8 Å². The van der Waals surface area contributed by atoms with Gasteiger partial charge >= 0.3 is 0 Å². The maximum atomic E-state index is 11.6. The minimum Gasteiger partial charge on any atom is -0.345 e. The maximum Gasteiger partial charge on any atom is 0.223 e. The summed E-state index contributed by atoms with van der Waals surface area (Å²) in [7, 11) is 3.80. The van der Waals surface area contributed by atoms with Crippen molar-refractivity contribution in [3.8, 4) is 0 Å². The summed E-state index contributed by atoms with van der Waals surface area (Å²) in [5.41, 5.74) is 8.69. The molecule has 102 valence electrons. The molecule has 0 aliphatic carbocycles. The van der Waals surface area contributed by atoms with Gasteiger partial charge in [-0.3, -0.25) is 4.79 Å². The number of aromatic nitrogens is 2. The van der Waals surface area contributed by atoms with Crippen molar-refractivity contribution in [2.45, 2.75) is 12.8 Å². The summed E-state index contributed by atoms with van der Waals surface area (Å²) in [4.78, 5) is 17.7. The Morgan fingerprint density at radius 1 is 1.47 bits per heavy atom. The molecule has 0 aliphatic heterocycles. The first kappa shape index (κ1) is 13.5. The molecule has 0 unspecified atom stereocenters. The predicted octanol–water partition coefficient (Wildman–Crippen LogP) is 0.923. The summed E-state index contributed by atoms with van der Waals surface area (Å²) in [5.74, 6) is 0.0985. The lowest BCUT2D eigenvalue weighted by Crippen LogP contribution is -2.30. The lowest BCUT2D eigenvalue weighted by molar-refractivity contribution is -0.129. The SMILES string of the molecule is CN(CCc1ccc2c(c1)ncn2C)C(=O)CCN. The molecule has 0 saturated carbocycles. The highest BCUT2D eigenvalue weighted by molar-refractivity contribution is 5.77. The largest absolute Gasteiger partial charge is 0.345 e. The average Bonchev–Trinajstić information content (AvgIpc) is 2.77. The van der Waals surface area contributed by atoms with Crippen LogP contribution in [0.15, 0.2) is 24.5 Å². The number of benzene rings is 1. The second kappa shape index (κ2) is 5.84. The van der Waals surface area contributed by atoms with E-state index in [2.05, 4.69) is 23.2 Å². The topological polar surface area (TPSA) is 64.2 Å². The van der Waals surface area contributed by atoms with Crippen LogP contribution in [-0.4, -0.2) is 40.5 Å². The van der Waals surface area contributed by atoms with Crippen molar-refractivity contribution in [2.75, 3.05) is 20.1 Å². The number of hydrogen-bond acceptors (Lipinski definition) is 3. The predicted molar refractivity (Wildman–Crippen MR) is 75.7 cm³/mol. The molecular formula is C14H20N4O. The number of amides is 1. The van der Waals surface area contributed by atoms with Gasteiger partial charge in [-0.2, -0.15) is 0 Å². The fourth-order valence-electron chi connectivity index (χ4n) is 2.07. The Balaban J connectivity index is 1.99. The molecule has 0 fully saturated rings. The molecular weight excluding hydrogens is 240 g/mol. The van der Waals surface area contributed by atoms with Crippen LogP contribution in [0.2, 0.25) is 0 Å². The number of likely N-dealkylation sites (N-methyl/N-ethyl adjacent to an activating group) is 1. The maximum absolute atomic E-state index is 11.6. The van der Waals surface area contributed by atoms with Gasteiger partial charge < -0.3 is 15.2 Å². The molecule has 5 heteroatoms.